The van der Waals surface area contributed by atoms with Gasteiger partial charge < -0.3 is 19.4 Å². The van der Waals surface area contributed by atoms with Crippen LogP contribution in [0.2, 0.25) is 0 Å². The molecule has 0 saturated carbocycles. The summed E-state index contributed by atoms with van der Waals surface area (Å²) in [6.07, 6.45) is 9.36. The average molecular weight is 428 g/mol. The molecule has 2 aliphatic rings. The smallest absolute Gasteiger partial charge is 0.0659 e. The van der Waals surface area contributed by atoms with Crippen molar-refractivity contribution in [1.82, 2.24) is 19.9 Å². The Morgan fingerprint density at radius 2 is 1.25 bits per heavy atom. The first kappa shape index (κ1) is 19.2. The highest BCUT2D eigenvalue weighted by Crippen LogP contribution is 2.21. The molecule has 0 unspecified atom stereocenters. The van der Waals surface area contributed by atoms with Crippen LogP contribution in [0.15, 0.2) is 36.4 Å². The van der Waals surface area contributed by atoms with E-state index >= 15 is 0 Å². The maximum atomic E-state index is 8.76. The summed E-state index contributed by atoms with van der Waals surface area (Å²) in [4.78, 5) is 16.4. The van der Waals surface area contributed by atoms with Crippen molar-refractivity contribution in [3.05, 3.63) is 70.3 Å². The molecule has 6 nitrogen and oxygen atoms in total. The topological polar surface area (TPSA) is 75.8 Å². The lowest BCUT2D eigenvalue weighted by Crippen LogP contribution is -1.93. The van der Waals surface area contributed by atoms with Gasteiger partial charge >= 0.3 is 0 Å². The fraction of sp³-hybridized carbons (Fsp3) is 0.231. The quantitative estimate of drug-likeness (QED) is 0.398. The lowest BCUT2D eigenvalue weighted by Gasteiger charge is -1.96. The van der Waals surface area contributed by atoms with Gasteiger partial charge in [-0.05, 0) is 84.6 Å². The van der Waals surface area contributed by atoms with Crippen LogP contribution in [0.25, 0.3) is 46.4 Å². The first-order valence-electron chi connectivity index (χ1n) is 11.2. The third-order valence-corrected chi connectivity index (χ3v) is 5.51. The van der Waals surface area contributed by atoms with Gasteiger partial charge in [-0.25, -0.2) is 9.97 Å². The number of fused-ring (bicyclic) bond motifs is 8. The number of aromatic nitrogens is 4. The average Bonchev–Trinajstić information content (AvgIpc) is 3.57. The number of hydrogen-bond donors (Lipinski definition) is 2. The number of methoxy groups -OCH3 is 2. The molecule has 0 spiro atoms. The van der Waals surface area contributed by atoms with Crippen molar-refractivity contribution in [1.29, 1.82) is 0 Å². The molecule has 32 heavy (non-hydrogen) atoms. The maximum Gasteiger partial charge on any atom is 0.0659 e. The molecule has 0 atom stereocenters. The SMILES string of the molecule is [2H]c1c(CCOC)c2cc3cc(CCOC)c(cc4nc(cc5nc(cc1[nH]2)C=C5)C=C4)[nH]3. The third kappa shape index (κ3) is 4.42. The van der Waals surface area contributed by atoms with E-state index in [1.165, 1.54) is 0 Å². The first-order valence-corrected chi connectivity index (χ1v) is 10.7. The number of rotatable bonds is 6. The van der Waals surface area contributed by atoms with Gasteiger partial charge in [0, 0.05) is 36.3 Å². The van der Waals surface area contributed by atoms with Gasteiger partial charge in [0.2, 0.25) is 0 Å². The first-order chi connectivity index (χ1) is 16.1. The van der Waals surface area contributed by atoms with Gasteiger partial charge in [0.15, 0.2) is 0 Å². The van der Waals surface area contributed by atoms with Gasteiger partial charge in [0.25, 0.3) is 0 Å². The van der Waals surface area contributed by atoms with Crippen LogP contribution >= 0.6 is 0 Å². The molecule has 3 aromatic heterocycles. The summed E-state index contributed by atoms with van der Waals surface area (Å²) in [5.41, 5.74) is 9.06. The molecule has 5 heterocycles. The minimum absolute atomic E-state index is 0.469. The van der Waals surface area contributed by atoms with E-state index in [2.05, 4.69) is 33.2 Å². The predicted molar refractivity (Wildman–Crippen MR) is 130 cm³/mol. The van der Waals surface area contributed by atoms with E-state index in [-0.39, 0.29) is 0 Å². The van der Waals surface area contributed by atoms with Gasteiger partial charge in [0.1, 0.15) is 0 Å². The molecule has 0 saturated heterocycles. The van der Waals surface area contributed by atoms with Crippen molar-refractivity contribution in [2.45, 2.75) is 12.8 Å². The second kappa shape index (κ2) is 8.94. The molecule has 0 radical (unpaired) electrons. The molecule has 0 fully saturated rings. The van der Waals surface area contributed by atoms with Crippen molar-refractivity contribution in [2.75, 3.05) is 27.4 Å². The predicted octanol–water partition coefficient (Wildman–Crippen LogP) is 5.03. The van der Waals surface area contributed by atoms with E-state index in [9.17, 15) is 0 Å². The third-order valence-electron chi connectivity index (χ3n) is 5.51. The Bertz CT molecular complexity index is 1420. The van der Waals surface area contributed by atoms with Crippen LogP contribution in [0.5, 0.6) is 0 Å². The van der Waals surface area contributed by atoms with E-state index in [1.807, 2.05) is 36.4 Å². The molecule has 162 valence electrons. The highest BCUT2D eigenvalue weighted by molar-refractivity contribution is 5.79. The van der Waals surface area contributed by atoms with E-state index in [0.29, 0.717) is 25.7 Å². The Balaban J connectivity index is 1.82. The zero-order valence-corrected chi connectivity index (χ0v) is 18.2. The van der Waals surface area contributed by atoms with Gasteiger partial charge in [-0.15, -0.1) is 0 Å². The molecule has 3 aromatic rings. The molecule has 5 rings (SSSR count). The van der Waals surface area contributed by atoms with Crippen LogP contribution < -0.4 is 0 Å². The monoisotopic (exact) mass is 427 g/mol. The van der Waals surface area contributed by atoms with E-state index in [0.717, 1.165) is 62.4 Å². The summed E-state index contributed by atoms with van der Waals surface area (Å²) in [5.74, 6) is 0. The normalized spacial score (nSPS) is 13.0. The van der Waals surface area contributed by atoms with E-state index < -0.39 is 0 Å². The van der Waals surface area contributed by atoms with Gasteiger partial charge in [0.05, 0.1) is 37.4 Å². The molecule has 0 amide bonds. The van der Waals surface area contributed by atoms with Crippen LogP contribution in [0.3, 0.4) is 0 Å². The Morgan fingerprint density at radius 3 is 1.94 bits per heavy atom. The molecular formula is C26H26N4O2. The summed E-state index contributed by atoms with van der Waals surface area (Å²) < 4.78 is 19.4. The molecular weight excluding hydrogens is 400 g/mol. The van der Waals surface area contributed by atoms with Gasteiger partial charge in [-0.1, -0.05) is 0 Å². The highest BCUT2D eigenvalue weighted by Gasteiger charge is 2.07. The zero-order chi connectivity index (χ0) is 22.8. The van der Waals surface area contributed by atoms with Gasteiger partial charge in [-0.2, -0.15) is 0 Å². The standard InChI is InChI=1S/C26H26N4O2/c1-31-9-7-17-11-23-14-21-4-3-19(27-21)13-20-5-6-22(28-20)15-25-18(8-10-32-2)12-24(30-25)16-26(17)29-23/h3-6,11-16,29-30H,7-10H2,1-2H3/i11D. The number of hydrogen-bond acceptors (Lipinski definition) is 4. The molecule has 2 aliphatic heterocycles. The second-order valence-corrected chi connectivity index (χ2v) is 7.87. The summed E-state index contributed by atoms with van der Waals surface area (Å²) in [6, 6.07) is 10.6. The molecule has 8 bridgehead atoms. The van der Waals surface area contributed by atoms with Crippen molar-refractivity contribution in [3.8, 4) is 0 Å². The molecule has 2 N–H and O–H groups in total. The van der Waals surface area contributed by atoms with Crippen molar-refractivity contribution < 1.29 is 10.8 Å². The fourth-order valence-corrected chi connectivity index (χ4v) is 3.95. The van der Waals surface area contributed by atoms with E-state index in [1.54, 1.807) is 14.2 Å². The fourth-order valence-electron chi connectivity index (χ4n) is 3.95. The number of nitrogens with zero attached hydrogens (tertiary/aromatic N) is 2. The lowest BCUT2D eigenvalue weighted by atomic mass is 10.2. The number of H-pyrrole nitrogens is 2. The number of ether oxygens (including phenoxy) is 2. The van der Waals surface area contributed by atoms with Crippen molar-refractivity contribution >= 4 is 46.4 Å². The molecule has 6 heteroatoms. The van der Waals surface area contributed by atoms with Crippen LogP contribution in [-0.2, 0) is 22.3 Å². The zero-order valence-electron chi connectivity index (χ0n) is 19.2. The Labute approximate surface area is 188 Å². The Kier molecular flexibility index (Phi) is 5.37. The van der Waals surface area contributed by atoms with Crippen LogP contribution in [0.1, 0.15) is 35.3 Å². The summed E-state index contributed by atoms with van der Waals surface area (Å²) >= 11 is 0. The maximum absolute atomic E-state index is 8.76. The van der Waals surface area contributed by atoms with E-state index in [4.69, 9.17) is 15.8 Å². The highest BCUT2D eigenvalue weighted by atomic mass is 16.5. The minimum Gasteiger partial charge on any atom is -0.384 e. The van der Waals surface area contributed by atoms with Crippen molar-refractivity contribution in [3.63, 3.8) is 0 Å². The Morgan fingerprint density at radius 1 is 0.688 bits per heavy atom. The summed E-state index contributed by atoms with van der Waals surface area (Å²) in [5, 5.41) is 0. The van der Waals surface area contributed by atoms with Crippen LogP contribution in [0.4, 0.5) is 0 Å². The lowest BCUT2D eigenvalue weighted by molar-refractivity contribution is 0.202. The largest absolute Gasteiger partial charge is 0.384 e. The van der Waals surface area contributed by atoms with Gasteiger partial charge in [-0.3, -0.25) is 0 Å². The number of aromatic amines is 2. The molecule has 0 aromatic carbocycles. The molecule has 0 aliphatic carbocycles. The van der Waals surface area contributed by atoms with Crippen molar-refractivity contribution in [2.24, 2.45) is 0 Å². The Hall–Kier alpha value is -3.48. The summed E-state index contributed by atoms with van der Waals surface area (Å²) in [6.45, 7) is 1.18. The number of nitrogens with one attached hydrogen (secondary N) is 2. The van der Waals surface area contributed by atoms with Crippen LogP contribution in [-0.4, -0.2) is 47.4 Å². The summed E-state index contributed by atoms with van der Waals surface area (Å²) in [7, 11) is 3.39. The second-order valence-electron chi connectivity index (χ2n) is 7.87. The minimum atomic E-state index is 0.469. The van der Waals surface area contributed by atoms with Crippen LogP contribution in [0, 0.1) is 0 Å².